The fourth-order valence-corrected chi connectivity index (χ4v) is 4.21. The van der Waals surface area contributed by atoms with E-state index in [0.29, 0.717) is 26.2 Å². The summed E-state index contributed by atoms with van der Waals surface area (Å²) < 4.78 is 5.19. The van der Waals surface area contributed by atoms with Gasteiger partial charge in [0.2, 0.25) is 11.8 Å². The van der Waals surface area contributed by atoms with Crippen molar-refractivity contribution in [2.24, 2.45) is 11.8 Å². The Bertz CT molecular complexity index is 1240. The van der Waals surface area contributed by atoms with E-state index in [4.69, 9.17) is 9.84 Å². The van der Waals surface area contributed by atoms with E-state index in [0.717, 1.165) is 15.4 Å². The molecule has 43 heavy (non-hydrogen) atoms. The predicted octanol–water partition coefficient (Wildman–Crippen LogP) is 0.534. The molecule has 1 aromatic carbocycles. The summed E-state index contributed by atoms with van der Waals surface area (Å²) in [5.41, 5.74) is 0.853. The number of carboxylic acids is 1. The average molecular weight is 605 g/mol. The quantitative estimate of drug-likeness (QED) is 0.293. The molecule has 0 aromatic heterocycles. The number of piperazine rings is 2. The van der Waals surface area contributed by atoms with Crippen molar-refractivity contribution in [1.29, 1.82) is 0 Å². The van der Waals surface area contributed by atoms with Gasteiger partial charge in [-0.3, -0.25) is 48.2 Å². The van der Waals surface area contributed by atoms with E-state index >= 15 is 0 Å². The lowest BCUT2D eigenvalue weighted by atomic mass is 10.1. The molecule has 236 valence electrons. The first kappa shape index (κ1) is 34.6. The van der Waals surface area contributed by atoms with Crippen LogP contribution in [-0.4, -0.2) is 111 Å². The number of carbonyl (C=O) groups excluding carboxylic acids is 7. The standard InChI is InChI=1S/C18H22N2O5.C11H16N2O5.H2/c1-3-19-9-10-20(17(23)16(19)22)15(21)11-13(2)18(24)25-12-14-7-5-4-6-8-14;1-3-12-4-5-13(10(16)9(12)15)8(14)6-7(2)11(17)18;/h4-8,13H,3,9-12H2,1-2H3;7H,3-6H2,1-2H3,(H,17,18);1H/t13-;7-;/m00./s1. The summed E-state index contributed by atoms with van der Waals surface area (Å²) in [5, 5.41) is 8.70. The van der Waals surface area contributed by atoms with Crippen LogP contribution in [0.15, 0.2) is 30.3 Å². The number of hydrogen-bond acceptors (Lipinski definition) is 9. The predicted molar refractivity (Wildman–Crippen MR) is 151 cm³/mol. The number of benzene rings is 1. The van der Waals surface area contributed by atoms with Gasteiger partial charge in [-0.2, -0.15) is 0 Å². The second-order valence-corrected chi connectivity index (χ2v) is 10.1. The van der Waals surface area contributed by atoms with Crippen molar-refractivity contribution in [2.75, 3.05) is 39.3 Å². The number of aliphatic carboxylic acids is 1. The van der Waals surface area contributed by atoms with Crippen molar-refractivity contribution in [2.45, 2.75) is 47.1 Å². The number of carbonyl (C=O) groups is 8. The van der Waals surface area contributed by atoms with E-state index < -0.39 is 59.2 Å². The molecule has 3 rings (SSSR count). The first-order valence-electron chi connectivity index (χ1n) is 14.0. The van der Waals surface area contributed by atoms with Crippen molar-refractivity contribution in [3.63, 3.8) is 0 Å². The van der Waals surface area contributed by atoms with Crippen LogP contribution in [0.3, 0.4) is 0 Å². The molecule has 2 aliphatic heterocycles. The van der Waals surface area contributed by atoms with Crippen LogP contribution in [0.1, 0.15) is 47.5 Å². The van der Waals surface area contributed by atoms with Gasteiger partial charge in [-0.1, -0.05) is 44.2 Å². The first-order chi connectivity index (χ1) is 20.3. The Balaban J connectivity index is 0.000000453. The van der Waals surface area contributed by atoms with Crippen LogP contribution in [0, 0.1) is 11.8 Å². The van der Waals surface area contributed by atoms with Crippen LogP contribution in [0.4, 0.5) is 0 Å². The molecular formula is C29H40N4O10. The number of ether oxygens (including phenoxy) is 1. The second-order valence-electron chi connectivity index (χ2n) is 10.1. The molecule has 0 aliphatic carbocycles. The van der Waals surface area contributed by atoms with E-state index in [1.54, 1.807) is 20.8 Å². The highest BCUT2D eigenvalue weighted by Gasteiger charge is 2.37. The van der Waals surface area contributed by atoms with E-state index in [1.807, 2.05) is 30.3 Å². The number of imide groups is 2. The zero-order chi connectivity index (χ0) is 32.3. The second kappa shape index (κ2) is 16.1. The van der Waals surface area contributed by atoms with Gasteiger partial charge >= 0.3 is 35.6 Å². The molecule has 2 atom stereocenters. The third-order valence-corrected chi connectivity index (χ3v) is 6.99. The van der Waals surface area contributed by atoms with Gasteiger partial charge in [0, 0.05) is 53.5 Å². The largest absolute Gasteiger partial charge is 0.481 e. The summed E-state index contributed by atoms with van der Waals surface area (Å²) in [7, 11) is 0. The Morgan fingerprint density at radius 1 is 0.744 bits per heavy atom. The maximum Gasteiger partial charge on any atom is 0.318 e. The molecule has 0 bridgehead atoms. The van der Waals surface area contributed by atoms with Gasteiger partial charge in [0.15, 0.2) is 0 Å². The minimum Gasteiger partial charge on any atom is -0.481 e. The highest BCUT2D eigenvalue weighted by molar-refractivity contribution is 6.38. The molecule has 0 spiro atoms. The van der Waals surface area contributed by atoms with Crippen molar-refractivity contribution in [3.8, 4) is 0 Å². The Hall–Kier alpha value is -4.62. The van der Waals surface area contributed by atoms with Gasteiger partial charge in [-0.05, 0) is 19.4 Å². The van der Waals surface area contributed by atoms with Crippen LogP contribution in [0.5, 0.6) is 0 Å². The zero-order valence-electron chi connectivity index (χ0n) is 24.8. The Morgan fingerprint density at radius 3 is 1.60 bits per heavy atom. The smallest absolute Gasteiger partial charge is 0.318 e. The van der Waals surface area contributed by atoms with E-state index in [2.05, 4.69) is 0 Å². The van der Waals surface area contributed by atoms with Gasteiger partial charge in [0.25, 0.3) is 0 Å². The summed E-state index contributed by atoms with van der Waals surface area (Å²) in [4.78, 5) is 98.2. The molecule has 6 amide bonds. The average Bonchev–Trinajstić information content (AvgIpc) is 2.99. The molecular weight excluding hydrogens is 564 g/mol. The minimum atomic E-state index is -1.10. The molecule has 0 unspecified atom stereocenters. The molecule has 2 fully saturated rings. The monoisotopic (exact) mass is 604 g/mol. The molecule has 1 N–H and O–H groups in total. The first-order valence-corrected chi connectivity index (χ1v) is 14.0. The number of nitrogens with zero attached hydrogens (tertiary/aromatic N) is 4. The van der Waals surface area contributed by atoms with Crippen LogP contribution in [0.2, 0.25) is 0 Å². The molecule has 14 heteroatoms. The topological polar surface area (TPSA) is 179 Å². The van der Waals surface area contributed by atoms with Crippen LogP contribution >= 0.6 is 0 Å². The van der Waals surface area contributed by atoms with Crippen molar-refractivity contribution >= 4 is 47.4 Å². The molecule has 0 radical (unpaired) electrons. The summed E-state index contributed by atoms with van der Waals surface area (Å²) in [6, 6.07) is 9.22. The van der Waals surface area contributed by atoms with Gasteiger partial charge in [0.05, 0.1) is 11.8 Å². The van der Waals surface area contributed by atoms with Crippen molar-refractivity contribution < 1.29 is 49.6 Å². The Labute approximate surface area is 251 Å². The van der Waals surface area contributed by atoms with Gasteiger partial charge in [-0.25, -0.2) is 0 Å². The normalized spacial score (nSPS) is 16.7. The number of amides is 6. The lowest BCUT2D eigenvalue weighted by Crippen LogP contribution is -2.56. The summed E-state index contributed by atoms with van der Waals surface area (Å²) in [6.07, 6.45) is -0.445. The number of rotatable bonds is 10. The molecule has 1 aromatic rings. The number of likely N-dealkylation sites (N-methyl/N-ethyl adjacent to an activating group) is 2. The van der Waals surface area contributed by atoms with Gasteiger partial charge in [-0.15, -0.1) is 0 Å². The molecule has 2 aliphatic rings. The number of esters is 1. The van der Waals surface area contributed by atoms with Crippen LogP contribution in [0.25, 0.3) is 0 Å². The van der Waals surface area contributed by atoms with E-state index in [9.17, 15) is 38.4 Å². The maximum atomic E-state index is 12.3. The minimum absolute atomic E-state index is 0. The molecule has 14 nitrogen and oxygen atoms in total. The van der Waals surface area contributed by atoms with Crippen molar-refractivity contribution in [1.82, 2.24) is 19.6 Å². The van der Waals surface area contributed by atoms with E-state index in [-0.39, 0.29) is 34.0 Å². The highest BCUT2D eigenvalue weighted by Crippen LogP contribution is 2.14. The third-order valence-electron chi connectivity index (χ3n) is 6.99. The summed E-state index contributed by atoms with van der Waals surface area (Å²) in [6.45, 7) is 8.34. The molecule has 2 saturated heterocycles. The maximum absolute atomic E-state index is 12.3. The fraction of sp³-hybridized carbons (Fsp3) is 0.517. The summed E-state index contributed by atoms with van der Waals surface area (Å²) >= 11 is 0. The van der Waals surface area contributed by atoms with Gasteiger partial charge < -0.3 is 19.6 Å². The SMILES string of the molecule is CCN1CCN(C(=O)C[C@H](C)C(=O)O)C(=O)C1=O.CCN1CCN(C(=O)C[C@H](C)C(=O)OCc2ccccc2)C(=O)C1=O.[HH]. The summed E-state index contributed by atoms with van der Waals surface area (Å²) in [5.74, 6) is -7.40. The Morgan fingerprint density at radius 2 is 1.19 bits per heavy atom. The number of carboxylic acid groups (broad SMARTS) is 1. The highest BCUT2D eigenvalue weighted by atomic mass is 16.5. The lowest BCUT2D eigenvalue weighted by molar-refractivity contribution is -0.162. The zero-order valence-corrected chi connectivity index (χ0v) is 24.8. The van der Waals surface area contributed by atoms with E-state index in [1.165, 1.54) is 16.7 Å². The molecule has 2 heterocycles. The molecule has 0 saturated carbocycles. The lowest BCUT2D eigenvalue weighted by Gasteiger charge is -2.32. The van der Waals surface area contributed by atoms with Gasteiger partial charge in [0.1, 0.15) is 6.61 Å². The Kier molecular flexibility index (Phi) is 13.0. The van der Waals surface area contributed by atoms with Crippen molar-refractivity contribution in [3.05, 3.63) is 35.9 Å². The van der Waals surface area contributed by atoms with Crippen LogP contribution in [-0.2, 0) is 49.7 Å². The fourth-order valence-electron chi connectivity index (χ4n) is 4.21. The number of hydrogen-bond donors (Lipinski definition) is 1. The van der Waals surface area contributed by atoms with Crippen LogP contribution < -0.4 is 0 Å². The third kappa shape index (κ3) is 9.45.